The number of hydrogen-bond donors (Lipinski definition) is 1. The zero-order valence-corrected chi connectivity index (χ0v) is 10.8. The molecule has 0 saturated heterocycles. The first-order chi connectivity index (χ1) is 8.13. The second-order valence-electron chi connectivity index (χ2n) is 4.64. The van der Waals surface area contributed by atoms with E-state index < -0.39 is 0 Å². The SMILES string of the molecule is Cc1cc(-c2nc(N)cc(C3CC3)n2)c(C)s1. The Labute approximate surface area is 105 Å². The van der Waals surface area contributed by atoms with Gasteiger partial charge >= 0.3 is 0 Å². The van der Waals surface area contributed by atoms with E-state index in [0.29, 0.717) is 11.7 Å². The number of hydrogen-bond acceptors (Lipinski definition) is 4. The maximum Gasteiger partial charge on any atom is 0.162 e. The van der Waals surface area contributed by atoms with Crippen molar-refractivity contribution in [3.05, 3.63) is 27.6 Å². The van der Waals surface area contributed by atoms with E-state index in [9.17, 15) is 0 Å². The predicted octanol–water partition coefficient (Wildman–Crippen LogP) is 3.28. The van der Waals surface area contributed by atoms with E-state index in [1.165, 1.54) is 22.6 Å². The number of anilines is 1. The van der Waals surface area contributed by atoms with Gasteiger partial charge in [0.05, 0.1) is 0 Å². The van der Waals surface area contributed by atoms with Gasteiger partial charge in [0.15, 0.2) is 5.82 Å². The summed E-state index contributed by atoms with van der Waals surface area (Å²) in [5.74, 6) is 1.98. The van der Waals surface area contributed by atoms with Crippen LogP contribution < -0.4 is 5.73 Å². The number of thiophene rings is 1. The van der Waals surface area contributed by atoms with Crippen molar-refractivity contribution in [3.8, 4) is 11.4 Å². The van der Waals surface area contributed by atoms with Crippen LogP contribution in [0.15, 0.2) is 12.1 Å². The van der Waals surface area contributed by atoms with Gasteiger partial charge in [-0.25, -0.2) is 9.97 Å². The summed E-state index contributed by atoms with van der Waals surface area (Å²) in [7, 11) is 0. The fourth-order valence-electron chi connectivity index (χ4n) is 2.05. The Kier molecular flexibility index (Phi) is 2.40. The molecule has 0 aromatic carbocycles. The zero-order chi connectivity index (χ0) is 12.0. The van der Waals surface area contributed by atoms with Crippen LogP contribution in [0.25, 0.3) is 11.4 Å². The highest BCUT2D eigenvalue weighted by Crippen LogP contribution is 2.40. The van der Waals surface area contributed by atoms with Crippen molar-refractivity contribution in [3.63, 3.8) is 0 Å². The van der Waals surface area contributed by atoms with Crippen molar-refractivity contribution >= 4 is 17.2 Å². The maximum absolute atomic E-state index is 5.87. The molecule has 2 heterocycles. The van der Waals surface area contributed by atoms with Crippen molar-refractivity contribution in [1.29, 1.82) is 0 Å². The van der Waals surface area contributed by atoms with Gasteiger partial charge in [0, 0.05) is 33.0 Å². The van der Waals surface area contributed by atoms with E-state index in [1.807, 2.05) is 6.07 Å². The predicted molar refractivity (Wildman–Crippen MR) is 71.2 cm³/mol. The molecule has 0 atom stereocenters. The Morgan fingerprint density at radius 2 is 2.00 bits per heavy atom. The standard InChI is InChI=1S/C13H15N3S/c1-7-5-10(8(2)17-7)13-15-11(9-3-4-9)6-12(14)16-13/h5-6,9H,3-4H2,1-2H3,(H2,14,15,16). The molecule has 0 radical (unpaired) electrons. The maximum atomic E-state index is 5.87. The molecule has 2 N–H and O–H groups in total. The molecule has 3 nitrogen and oxygen atoms in total. The van der Waals surface area contributed by atoms with Gasteiger partial charge in [-0.2, -0.15) is 0 Å². The number of aromatic nitrogens is 2. The minimum atomic E-state index is 0.583. The fraction of sp³-hybridized carbons (Fsp3) is 0.385. The van der Waals surface area contributed by atoms with E-state index in [-0.39, 0.29) is 0 Å². The van der Waals surface area contributed by atoms with Gasteiger partial charge < -0.3 is 5.73 Å². The van der Waals surface area contributed by atoms with Gasteiger partial charge in [-0.3, -0.25) is 0 Å². The lowest BCUT2D eigenvalue weighted by Crippen LogP contribution is -1.99. The van der Waals surface area contributed by atoms with E-state index >= 15 is 0 Å². The molecule has 3 rings (SSSR count). The van der Waals surface area contributed by atoms with Gasteiger partial charge in [-0.15, -0.1) is 11.3 Å². The highest BCUT2D eigenvalue weighted by Gasteiger charge is 2.26. The third kappa shape index (κ3) is 2.05. The summed E-state index contributed by atoms with van der Waals surface area (Å²) < 4.78 is 0. The zero-order valence-electron chi connectivity index (χ0n) is 10.0. The number of nitrogens with two attached hydrogens (primary N) is 1. The first-order valence-electron chi connectivity index (χ1n) is 5.85. The summed E-state index contributed by atoms with van der Waals surface area (Å²) in [5.41, 5.74) is 8.11. The molecule has 0 unspecified atom stereocenters. The molecule has 1 aliphatic rings. The second kappa shape index (κ2) is 3.81. The average Bonchev–Trinajstić information content (AvgIpc) is 3.04. The molecule has 4 heteroatoms. The van der Waals surface area contributed by atoms with Crippen LogP contribution in [0.3, 0.4) is 0 Å². The monoisotopic (exact) mass is 245 g/mol. The normalized spacial score (nSPS) is 15.2. The third-order valence-electron chi connectivity index (χ3n) is 3.04. The topological polar surface area (TPSA) is 51.8 Å². The Hall–Kier alpha value is -1.42. The van der Waals surface area contributed by atoms with Crippen LogP contribution in [0.2, 0.25) is 0 Å². The van der Waals surface area contributed by atoms with E-state index in [0.717, 1.165) is 17.1 Å². The number of nitrogens with zero attached hydrogens (tertiary/aromatic N) is 2. The lowest BCUT2D eigenvalue weighted by Gasteiger charge is -2.04. The first kappa shape index (κ1) is 10.7. The van der Waals surface area contributed by atoms with Crippen LogP contribution in [0, 0.1) is 13.8 Å². The van der Waals surface area contributed by atoms with E-state index in [1.54, 1.807) is 11.3 Å². The third-order valence-corrected chi connectivity index (χ3v) is 4.01. The molecule has 0 bridgehead atoms. The Balaban J connectivity index is 2.10. The molecule has 2 aromatic heterocycles. The van der Waals surface area contributed by atoms with Crippen LogP contribution in [-0.4, -0.2) is 9.97 Å². The molecule has 17 heavy (non-hydrogen) atoms. The van der Waals surface area contributed by atoms with Gasteiger partial charge in [-0.1, -0.05) is 0 Å². The summed E-state index contributed by atoms with van der Waals surface area (Å²) in [4.78, 5) is 11.6. The van der Waals surface area contributed by atoms with Crippen LogP contribution in [-0.2, 0) is 0 Å². The molecule has 88 valence electrons. The lowest BCUT2D eigenvalue weighted by molar-refractivity contribution is 0.998. The summed E-state index contributed by atoms with van der Waals surface area (Å²) >= 11 is 1.78. The first-order valence-corrected chi connectivity index (χ1v) is 6.67. The van der Waals surface area contributed by atoms with Crippen LogP contribution >= 0.6 is 11.3 Å². The fourth-order valence-corrected chi connectivity index (χ4v) is 2.97. The molecule has 1 saturated carbocycles. The highest BCUT2D eigenvalue weighted by molar-refractivity contribution is 7.12. The molecule has 0 amide bonds. The lowest BCUT2D eigenvalue weighted by atomic mass is 10.2. The van der Waals surface area contributed by atoms with Gasteiger partial charge in [0.25, 0.3) is 0 Å². The average molecular weight is 245 g/mol. The van der Waals surface area contributed by atoms with Crippen LogP contribution in [0.1, 0.15) is 34.2 Å². The van der Waals surface area contributed by atoms with E-state index in [2.05, 4.69) is 29.9 Å². The number of nitrogen functional groups attached to an aromatic ring is 1. The molecule has 1 aliphatic carbocycles. The van der Waals surface area contributed by atoms with E-state index in [4.69, 9.17) is 5.73 Å². The molecular formula is C13H15N3S. The molecule has 0 aliphatic heterocycles. The smallest absolute Gasteiger partial charge is 0.162 e. The van der Waals surface area contributed by atoms with Crippen molar-refractivity contribution < 1.29 is 0 Å². The summed E-state index contributed by atoms with van der Waals surface area (Å²) in [6.07, 6.45) is 2.47. The Morgan fingerprint density at radius 3 is 2.59 bits per heavy atom. The van der Waals surface area contributed by atoms with Crippen LogP contribution in [0.4, 0.5) is 5.82 Å². The van der Waals surface area contributed by atoms with Gasteiger partial charge in [0.2, 0.25) is 0 Å². The summed E-state index contributed by atoms with van der Waals surface area (Å²) in [5, 5.41) is 0. The Bertz CT molecular complexity index is 570. The quantitative estimate of drug-likeness (QED) is 0.883. The van der Waals surface area contributed by atoms with Crippen molar-refractivity contribution in [2.75, 3.05) is 5.73 Å². The number of rotatable bonds is 2. The van der Waals surface area contributed by atoms with Gasteiger partial charge in [0.1, 0.15) is 5.82 Å². The molecule has 0 spiro atoms. The summed E-state index contributed by atoms with van der Waals surface area (Å²) in [6, 6.07) is 4.06. The molecule has 1 fully saturated rings. The Morgan fingerprint density at radius 1 is 1.24 bits per heavy atom. The highest BCUT2D eigenvalue weighted by atomic mass is 32.1. The minimum Gasteiger partial charge on any atom is -0.384 e. The van der Waals surface area contributed by atoms with Crippen LogP contribution in [0.5, 0.6) is 0 Å². The van der Waals surface area contributed by atoms with Gasteiger partial charge in [-0.05, 0) is 32.8 Å². The van der Waals surface area contributed by atoms with Crippen molar-refractivity contribution in [1.82, 2.24) is 9.97 Å². The largest absolute Gasteiger partial charge is 0.384 e. The number of aryl methyl sites for hydroxylation is 2. The second-order valence-corrected chi connectivity index (χ2v) is 6.10. The molecule has 2 aromatic rings. The van der Waals surface area contributed by atoms with Crippen molar-refractivity contribution in [2.45, 2.75) is 32.6 Å². The minimum absolute atomic E-state index is 0.583. The molecular weight excluding hydrogens is 230 g/mol. The van der Waals surface area contributed by atoms with Crippen molar-refractivity contribution in [2.24, 2.45) is 0 Å². The summed E-state index contributed by atoms with van der Waals surface area (Å²) in [6.45, 7) is 4.21.